The van der Waals surface area contributed by atoms with Gasteiger partial charge in [0.15, 0.2) is 0 Å². The zero-order chi connectivity index (χ0) is 19.5. The molecule has 138 valence electrons. The van der Waals surface area contributed by atoms with Gasteiger partial charge in [-0.15, -0.1) is 0 Å². The lowest BCUT2D eigenvalue weighted by Gasteiger charge is -2.03. The smallest absolute Gasteiger partial charge is 0.315 e. The lowest BCUT2D eigenvalue weighted by atomic mass is 10.1. The Morgan fingerprint density at radius 1 is 1.00 bits per heavy atom. The van der Waals surface area contributed by atoms with Gasteiger partial charge in [0.2, 0.25) is 0 Å². The minimum absolute atomic E-state index is 0.172. The molecule has 3 heterocycles. The van der Waals surface area contributed by atoms with Crippen LogP contribution in [-0.2, 0) is 0 Å². The van der Waals surface area contributed by atoms with Crippen LogP contribution < -0.4 is 16.7 Å². The molecule has 3 aromatic heterocycles. The molecule has 0 aliphatic heterocycles. The van der Waals surface area contributed by atoms with Gasteiger partial charge in [0.05, 0.1) is 11.9 Å². The maximum Gasteiger partial charge on any atom is 0.326 e. The summed E-state index contributed by atoms with van der Waals surface area (Å²) in [7, 11) is 0. The van der Waals surface area contributed by atoms with Crippen molar-refractivity contribution in [2.24, 2.45) is 5.10 Å². The number of fused-ring (bicyclic) bond motifs is 1. The molecule has 0 bridgehead atoms. The van der Waals surface area contributed by atoms with Crippen LogP contribution in [0.2, 0.25) is 0 Å². The maximum atomic E-state index is 12.1. The van der Waals surface area contributed by atoms with Gasteiger partial charge in [-0.1, -0.05) is 36.4 Å². The Morgan fingerprint density at radius 2 is 1.79 bits per heavy atom. The summed E-state index contributed by atoms with van der Waals surface area (Å²) in [5.41, 5.74) is 4.46. The fourth-order valence-electron chi connectivity index (χ4n) is 2.93. The summed E-state index contributed by atoms with van der Waals surface area (Å²) in [6, 6.07) is 18.7. The first-order valence-corrected chi connectivity index (χ1v) is 8.44. The van der Waals surface area contributed by atoms with Crippen LogP contribution in [0.4, 0.5) is 0 Å². The van der Waals surface area contributed by atoms with Crippen LogP contribution in [0.1, 0.15) is 16.2 Å². The fraction of sp³-hybridized carbons (Fsp3) is 0. The number of carbonyl (C=O) groups is 1. The van der Waals surface area contributed by atoms with E-state index >= 15 is 0 Å². The number of rotatable bonds is 4. The molecule has 8 heteroatoms. The van der Waals surface area contributed by atoms with Crippen molar-refractivity contribution in [1.29, 1.82) is 0 Å². The molecule has 4 rings (SSSR count). The Hall–Kier alpha value is -4.20. The molecular formula is C20H15N5O3. The Morgan fingerprint density at radius 3 is 2.57 bits per heavy atom. The van der Waals surface area contributed by atoms with Gasteiger partial charge in [-0.2, -0.15) is 5.10 Å². The standard InChI is InChI=1S/C20H15N5O3/c26-18-11-16(22-20(28)23-18)19(27)24-21-12-17-15(13-6-2-1-3-7-13)10-14-8-4-5-9-25(14)17/h1-12H,(H,24,27)(H2,22,23,26,28)/b21-12-. The predicted molar refractivity (Wildman–Crippen MR) is 106 cm³/mol. The zero-order valence-corrected chi connectivity index (χ0v) is 14.5. The van der Waals surface area contributed by atoms with Gasteiger partial charge in [-0.05, 0) is 23.8 Å². The highest BCUT2D eigenvalue weighted by Gasteiger charge is 2.11. The molecule has 0 atom stereocenters. The molecule has 0 saturated carbocycles. The van der Waals surface area contributed by atoms with E-state index in [4.69, 9.17) is 0 Å². The molecule has 0 unspecified atom stereocenters. The summed E-state index contributed by atoms with van der Waals surface area (Å²) >= 11 is 0. The van der Waals surface area contributed by atoms with Crippen molar-refractivity contribution in [3.8, 4) is 11.1 Å². The molecule has 8 nitrogen and oxygen atoms in total. The van der Waals surface area contributed by atoms with E-state index in [0.29, 0.717) is 0 Å². The second-order valence-electron chi connectivity index (χ2n) is 6.01. The van der Waals surface area contributed by atoms with Crippen molar-refractivity contribution in [1.82, 2.24) is 19.8 Å². The number of pyridine rings is 1. The highest BCUT2D eigenvalue weighted by atomic mass is 16.2. The normalized spacial score (nSPS) is 11.1. The summed E-state index contributed by atoms with van der Waals surface area (Å²) in [5.74, 6) is -0.693. The van der Waals surface area contributed by atoms with Crippen LogP contribution in [0.25, 0.3) is 16.6 Å². The summed E-state index contributed by atoms with van der Waals surface area (Å²) in [6.45, 7) is 0. The summed E-state index contributed by atoms with van der Waals surface area (Å²) in [4.78, 5) is 39.0. The lowest BCUT2D eigenvalue weighted by molar-refractivity contribution is 0.0949. The summed E-state index contributed by atoms with van der Waals surface area (Å²) in [6.07, 6.45) is 3.43. The van der Waals surface area contributed by atoms with Gasteiger partial charge in [-0.3, -0.25) is 14.6 Å². The average Bonchev–Trinajstić information content (AvgIpc) is 3.06. The van der Waals surface area contributed by atoms with Crippen LogP contribution in [0.5, 0.6) is 0 Å². The Labute approximate surface area is 158 Å². The third-order valence-corrected chi connectivity index (χ3v) is 4.16. The number of hydrogen-bond donors (Lipinski definition) is 3. The number of carbonyl (C=O) groups excluding carboxylic acids is 1. The number of nitrogens with zero attached hydrogens (tertiary/aromatic N) is 2. The van der Waals surface area contributed by atoms with Gasteiger partial charge in [-0.25, -0.2) is 10.2 Å². The maximum absolute atomic E-state index is 12.1. The molecule has 3 N–H and O–H groups in total. The van der Waals surface area contributed by atoms with Crippen LogP contribution >= 0.6 is 0 Å². The monoisotopic (exact) mass is 373 g/mol. The van der Waals surface area contributed by atoms with Gasteiger partial charge >= 0.3 is 5.69 Å². The second-order valence-corrected chi connectivity index (χ2v) is 6.01. The molecule has 1 aromatic carbocycles. The Kier molecular flexibility index (Phi) is 4.43. The van der Waals surface area contributed by atoms with Crippen LogP contribution in [-0.4, -0.2) is 26.5 Å². The van der Waals surface area contributed by atoms with E-state index in [9.17, 15) is 14.4 Å². The largest absolute Gasteiger partial charge is 0.326 e. The first-order valence-electron chi connectivity index (χ1n) is 8.44. The van der Waals surface area contributed by atoms with Crippen LogP contribution in [0.3, 0.4) is 0 Å². The number of hydrazone groups is 1. The quantitative estimate of drug-likeness (QED) is 0.374. The fourth-order valence-corrected chi connectivity index (χ4v) is 2.93. The van der Waals surface area contributed by atoms with Crippen LogP contribution in [0.15, 0.2) is 81.6 Å². The van der Waals surface area contributed by atoms with Gasteiger partial charge in [0.25, 0.3) is 11.5 Å². The molecule has 0 aliphatic rings. The Bertz CT molecular complexity index is 1270. The van der Waals surface area contributed by atoms with E-state index in [1.807, 2.05) is 70.2 Å². The third-order valence-electron chi connectivity index (χ3n) is 4.16. The van der Waals surface area contributed by atoms with E-state index in [0.717, 1.165) is 28.4 Å². The van der Waals surface area contributed by atoms with Crippen molar-refractivity contribution in [3.63, 3.8) is 0 Å². The van der Waals surface area contributed by atoms with E-state index in [-0.39, 0.29) is 5.69 Å². The number of nitrogens with one attached hydrogen (secondary N) is 3. The highest BCUT2D eigenvalue weighted by molar-refractivity contribution is 5.95. The van der Waals surface area contributed by atoms with Crippen molar-refractivity contribution < 1.29 is 4.79 Å². The second kappa shape index (κ2) is 7.20. The van der Waals surface area contributed by atoms with Crippen molar-refractivity contribution in [2.45, 2.75) is 0 Å². The van der Waals surface area contributed by atoms with Crippen molar-refractivity contribution in [2.75, 3.05) is 0 Å². The first kappa shape index (κ1) is 17.2. The molecule has 4 aromatic rings. The van der Waals surface area contributed by atoms with Gasteiger partial charge < -0.3 is 9.38 Å². The number of amides is 1. The molecule has 0 fully saturated rings. The van der Waals surface area contributed by atoms with Crippen LogP contribution in [0, 0.1) is 0 Å². The molecule has 28 heavy (non-hydrogen) atoms. The molecule has 0 aliphatic carbocycles. The molecular weight excluding hydrogens is 358 g/mol. The molecule has 0 spiro atoms. The topological polar surface area (TPSA) is 112 Å². The average molecular weight is 373 g/mol. The summed E-state index contributed by atoms with van der Waals surface area (Å²) in [5, 5.41) is 4.01. The van der Waals surface area contributed by atoms with Crippen molar-refractivity contribution >= 4 is 17.6 Å². The van der Waals surface area contributed by atoms with Crippen molar-refractivity contribution in [3.05, 3.63) is 99.1 Å². The third kappa shape index (κ3) is 3.38. The molecule has 1 amide bonds. The number of aromatic nitrogens is 3. The number of benzene rings is 1. The summed E-state index contributed by atoms with van der Waals surface area (Å²) < 4.78 is 1.95. The number of H-pyrrole nitrogens is 2. The minimum Gasteiger partial charge on any atom is -0.315 e. The highest BCUT2D eigenvalue weighted by Crippen LogP contribution is 2.26. The van der Waals surface area contributed by atoms with E-state index in [2.05, 4.69) is 15.5 Å². The molecule has 0 saturated heterocycles. The lowest BCUT2D eigenvalue weighted by Crippen LogP contribution is -2.28. The Balaban J connectivity index is 1.68. The van der Waals surface area contributed by atoms with E-state index in [1.165, 1.54) is 6.21 Å². The predicted octanol–water partition coefficient (Wildman–Crippen LogP) is 1.75. The SMILES string of the molecule is O=C(N/N=C\c1c(-c2ccccc2)cc2ccccn12)c1cc(=O)[nH]c(=O)[nH]1. The minimum atomic E-state index is -0.759. The number of aromatic amines is 2. The van der Waals surface area contributed by atoms with Gasteiger partial charge in [0.1, 0.15) is 5.69 Å². The first-order chi connectivity index (χ1) is 13.6. The van der Waals surface area contributed by atoms with E-state index < -0.39 is 17.2 Å². The number of hydrogen-bond acceptors (Lipinski definition) is 4. The van der Waals surface area contributed by atoms with E-state index in [1.54, 1.807) is 0 Å². The molecule has 0 radical (unpaired) electrons. The zero-order valence-electron chi connectivity index (χ0n) is 14.5. The van der Waals surface area contributed by atoms with Gasteiger partial charge in [0, 0.05) is 23.3 Å².